The molecule has 3 saturated heterocycles. The summed E-state index contributed by atoms with van der Waals surface area (Å²) in [6, 6.07) is 20.2. The molecule has 60 heavy (non-hydrogen) atoms. The molecule has 9 aliphatic rings. The van der Waals surface area contributed by atoms with E-state index >= 15 is 0 Å². The number of nitrogens with zero attached hydrogens (tertiary/aromatic N) is 3. The number of likely N-dealkylation sites (N-methyl/N-ethyl adjacent to an activating group) is 3. The van der Waals surface area contributed by atoms with Gasteiger partial charge in [0.25, 0.3) is 0 Å². The molecule has 6 bridgehead atoms. The Hall–Kier alpha value is -3.06. The highest BCUT2D eigenvalue weighted by atomic mass is 16.5. The van der Waals surface area contributed by atoms with Crippen molar-refractivity contribution in [3.05, 3.63) is 88.0 Å². The minimum Gasteiger partial charge on any atom is -0.497 e. The third kappa shape index (κ3) is 6.57. The fourth-order valence-corrected chi connectivity index (χ4v) is 15.7. The number of hydrogen-bond donors (Lipinski definition) is 0. The molecule has 0 N–H and O–H groups in total. The van der Waals surface area contributed by atoms with Gasteiger partial charge in [0.1, 0.15) is 17.2 Å². The van der Waals surface area contributed by atoms with Gasteiger partial charge in [0.2, 0.25) is 0 Å². The lowest BCUT2D eigenvalue weighted by Crippen LogP contribution is -2.59. The Bertz CT molecular complexity index is 2200. The minimum atomic E-state index is -2.37. The van der Waals surface area contributed by atoms with Crippen molar-refractivity contribution in [2.75, 3.05) is 61.9 Å². The van der Waals surface area contributed by atoms with Crippen LogP contribution < -0.4 is 14.2 Å². The van der Waals surface area contributed by atoms with Crippen molar-refractivity contribution < 1.29 is 25.2 Å². The second kappa shape index (κ2) is 16.2. The summed E-state index contributed by atoms with van der Waals surface area (Å²) >= 11 is 0. The van der Waals surface area contributed by atoms with Crippen LogP contribution in [0.2, 0.25) is 0 Å². The fraction of sp³-hybridized carbons (Fsp3) is 0.667. The highest BCUT2D eigenvalue weighted by Crippen LogP contribution is 2.58. The van der Waals surface area contributed by atoms with Crippen molar-refractivity contribution >= 4 is 0 Å². The zero-order valence-corrected chi connectivity index (χ0v) is 36.7. The third-order valence-electron chi connectivity index (χ3n) is 18.6. The fourth-order valence-electron chi connectivity index (χ4n) is 15.7. The van der Waals surface area contributed by atoms with Crippen LogP contribution >= 0.6 is 0 Å². The molecule has 3 heterocycles. The van der Waals surface area contributed by atoms with E-state index in [9.17, 15) is 0 Å². The molecule has 0 spiro atoms. The van der Waals surface area contributed by atoms with Crippen molar-refractivity contribution in [3.8, 4) is 17.2 Å². The normalized spacial score (nSPS) is 38.5. The summed E-state index contributed by atoms with van der Waals surface area (Å²) in [6.45, 7) is 3.47. The predicted octanol–water partition coefficient (Wildman–Crippen LogP) is 10.2. The Balaban J connectivity index is 0.000000119. The Labute approximate surface area is 374 Å². The van der Waals surface area contributed by atoms with Crippen LogP contribution in [0.3, 0.4) is 0 Å². The van der Waals surface area contributed by atoms with Gasteiger partial charge >= 0.3 is 0 Å². The second-order valence-electron chi connectivity index (χ2n) is 20.8. The molecule has 9 atom stereocenters. The van der Waals surface area contributed by atoms with Gasteiger partial charge in [-0.2, -0.15) is 0 Å². The van der Waals surface area contributed by atoms with Crippen LogP contribution in [0.15, 0.2) is 54.6 Å². The maximum Gasteiger partial charge on any atom is 0.119 e. The summed E-state index contributed by atoms with van der Waals surface area (Å²) in [6.07, 6.45) is 22.6. The maximum absolute atomic E-state index is 7.36. The first-order valence-electron chi connectivity index (χ1n) is 27.9. The number of hydrogen-bond acceptors (Lipinski definition) is 6. The molecule has 3 aliphatic heterocycles. The van der Waals surface area contributed by atoms with Gasteiger partial charge in [-0.15, -0.1) is 0 Å². The zero-order valence-electron chi connectivity index (χ0n) is 44.7. The van der Waals surface area contributed by atoms with Crippen LogP contribution in [0.25, 0.3) is 0 Å². The second-order valence-corrected chi connectivity index (χ2v) is 20.8. The average molecular weight is 822 g/mol. The molecule has 6 nitrogen and oxygen atoms in total. The molecule has 0 aromatic heterocycles. The Morgan fingerprint density at radius 3 is 1.15 bits per heavy atom. The number of fused-ring (bicyclic) bond motifs is 3. The first-order chi connectivity index (χ1) is 32.4. The lowest BCUT2D eigenvalue weighted by molar-refractivity contribution is 0.00272. The molecule has 6 heteroatoms. The standard InChI is InChI=1S/3C18H25NO/c3*1-19-10-9-18-8-4-3-5-15(18)17(19)11-13-6-7-14(20-2)12-16(13)18/h3*6-7,12,15,17H,3-5,8-11H2,1-2H3/t3*15?,17-,18-/m000/s1/i2*2D3;2D2. The zero-order chi connectivity index (χ0) is 47.8. The molecule has 6 fully saturated rings. The Morgan fingerprint density at radius 1 is 0.467 bits per heavy atom. The van der Waals surface area contributed by atoms with E-state index in [2.05, 4.69) is 60.1 Å². The van der Waals surface area contributed by atoms with Gasteiger partial charge in [0.05, 0.1) is 32.1 Å². The van der Waals surface area contributed by atoms with E-state index in [-0.39, 0.29) is 10.8 Å². The summed E-state index contributed by atoms with van der Waals surface area (Å²) in [5.74, 6) is 3.89. The largest absolute Gasteiger partial charge is 0.497 e. The third-order valence-corrected chi connectivity index (χ3v) is 18.6. The Morgan fingerprint density at radius 2 is 0.817 bits per heavy atom. The lowest BCUT2D eigenvalue weighted by Gasteiger charge is -2.58. The van der Waals surface area contributed by atoms with Gasteiger partial charge < -0.3 is 28.9 Å². The SMILES string of the molecule is [2H]C([2H])([2H])Oc1ccc2c(c1)[C@]13CCCCC1[C@H](C2)N(C)CC3.[2H]C([2H])([2H])Oc1ccc2c(c1)[C@]13CCCCC1[C@H](C2)N(C)CC3.[2H]C([2H])Oc1ccc2c(c1)[C@]13CCCCC1[C@H](C2)N(C)CC3. The molecule has 0 amide bonds. The highest BCUT2D eigenvalue weighted by molar-refractivity contribution is 5.48. The van der Waals surface area contributed by atoms with Crippen molar-refractivity contribution in [3.63, 3.8) is 0 Å². The molecule has 324 valence electrons. The minimum absolute atomic E-state index is 0.247. The lowest BCUT2D eigenvalue weighted by atomic mass is 9.52. The van der Waals surface area contributed by atoms with Crippen LogP contribution in [0.5, 0.6) is 17.2 Å². The van der Waals surface area contributed by atoms with Crippen LogP contribution in [-0.4, -0.2) is 94.7 Å². The van der Waals surface area contributed by atoms with E-state index in [4.69, 9.17) is 25.2 Å². The first kappa shape index (κ1) is 32.6. The van der Waals surface area contributed by atoms with Crippen LogP contribution in [0.1, 0.15) is 141 Å². The van der Waals surface area contributed by atoms with Crippen LogP contribution in [0.4, 0.5) is 0 Å². The predicted molar refractivity (Wildman–Crippen MR) is 244 cm³/mol. The van der Waals surface area contributed by atoms with Gasteiger partial charge in [0, 0.05) is 34.4 Å². The topological polar surface area (TPSA) is 37.4 Å². The molecule has 3 unspecified atom stereocenters. The highest BCUT2D eigenvalue weighted by Gasteiger charge is 2.55. The van der Waals surface area contributed by atoms with Crippen molar-refractivity contribution in [1.82, 2.24) is 14.7 Å². The average Bonchev–Trinajstić information content (AvgIpc) is 3.30. The summed E-state index contributed by atoms with van der Waals surface area (Å²) < 4.78 is 74.6. The van der Waals surface area contributed by atoms with Crippen LogP contribution in [-0.2, 0) is 35.5 Å². The first-order valence-corrected chi connectivity index (χ1v) is 23.8. The van der Waals surface area contributed by atoms with E-state index in [0.717, 1.165) is 38.3 Å². The van der Waals surface area contributed by atoms with Gasteiger partial charge in [0.15, 0.2) is 0 Å². The van der Waals surface area contributed by atoms with Gasteiger partial charge in [-0.05, 0) is 205 Å². The number of likely N-dealkylation sites (tertiary alicyclic amines) is 3. The molecule has 6 aliphatic carbocycles. The van der Waals surface area contributed by atoms with Crippen molar-refractivity contribution in [1.29, 1.82) is 0 Å². The molecule has 3 saturated carbocycles. The molecule has 0 radical (unpaired) electrons. The van der Waals surface area contributed by atoms with E-state index in [1.807, 2.05) is 30.3 Å². The van der Waals surface area contributed by atoms with E-state index in [0.29, 0.717) is 52.6 Å². The van der Waals surface area contributed by atoms with E-state index in [1.165, 1.54) is 136 Å². The summed E-state index contributed by atoms with van der Waals surface area (Å²) in [7, 11) is 0.826. The van der Waals surface area contributed by atoms with Gasteiger partial charge in [-0.3, -0.25) is 0 Å². The molecular formula is C54H75N3O3. The quantitative estimate of drug-likeness (QED) is 0.262. The van der Waals surface area contributed by atoms with Crippen molar-refractivity contribution in [2.24, 2.45) is 17.8 Å². The molecular weight excluding hydrogens is 739 g/mol. The molecule has 3 aromatic carbocycles. The van der Waals surface area contributed by atoms with Crippen molar-refractivity contribution in [2.45, 2.75) is 150 Å². The molecule has 3 aromatic rings. The summed E-state index contributed by atoms with van der Waals surface area (Å²) in [5, 5.41) is 0. The summed E-state index contributed by atoms with van der Waals surface area (Å²) in [5.41, 5.74) is 9.32. The number of benzene rings is 3. The van der Waals surface area contributed by atoms with E-state index < -0.39 is 21.1 Å². The number of rotatable bonds is 3. The Kier molecular flexibility index (Phi) is 8.83. The number of ether oxygens (including phenoxy) is 3. The smallest absolute Gasteiger partial charge is 0.119 e. The molecule has 12 rings (SSSR count). The number of methoxy groups -OCH3 is 3. The van der Waals surface area contributed by atoms with Crippen LogP contribution in [0, 0.1) is 17.8 Å². The maximum atomic E-state index is 7.36. The monoisotopic (exact) mass is 822 g/mol. The summed E-state index contributed by atoms with van der Waals surface area (Å²) in [4.78, 5) is 7.67. The van der Waals surface area contributed by atoms with Gasteiger partial charge in [-0.25, -0.2) is 0 Å². The van der Waals surface area contributed by atoms with Gasteiger partial charge in [-0.1, -0.05) is 56.7 Å². The number of piperidine rings is 3. The van der Waals surface area contributed by atoms with E-state index in [1.54, 1.807) is 0 Å².